The normalized spacial score (nSPS) is 12.0. The van der Waals surface area contributed by atoms with Crippen LogP contribution < -0.4 is 5.32 Å². The van der Waals surface area contributed by atoms with Gasteiger partial charge in [-0.05, 0) is 42.3 Å². The van der Waals surface area contributed by atoms with E-state index < -0.39 is 6.04 Å². The van der Waals surface area contributed by atoms with Crippen molar-refractivity contribution in [3.8, 4) is 0 Å². The number of thioether (sulfide) groups is 1. The highest BCUT2D eigenvalue weighted by Gasteiger charge is 2.21. The van der Waals surface area contributed by atoms with Gasteiger partial charge >= 0.3 is 0 Å². The van der Waals surface area contributed by atoms with Gasteiger partial charge in [0.1, 0.15) is 22.0 Å². The minimum absolute atomic E-state index is 0.216. The highest BCUT2D eigenvalue weighted by molar-refractivity contribution is 8.00. The smallest absolute Gasteiger partial charge is 0.252 e. The van der Waals surface area contributed by atoms with Crippen LogP contribution in [0.5, 0.6) is 0 Å². The van der Waals surface area contributed by atoms with Crippen molar-refractivity contribution in [2.24, 2.45) is 7.05 Å². The Morgan fingerprint density at radius 2 is 1.94 bits per heavy atom. The van der Waals surface area contributed by atoms with Gasteiger partial charge in [-0.3, -0.25) is 4.79 Å². The Labute approximate surface area is 188 Å². The number of halogens is 1. The van der Waals surface area contributed by atoms with Crippen LogP contribution in [0.1, 0.15) is 39.0 Å². The zero-order valence-corrected chi connectivity index (χ0v) is 18.7. The SMILES string of the molecule is Cc1csc(SCc2ccc(C(=O)N[C@H](c3ccc(F)cc3)c3nccn3C)cc2)n1. The molecule has 5 nitrogen and oxygen atoms in total. The number of thiazole rings is 1. The molecular weight excluding hydrogens is 431 g/mol. The molecule has 0 aliphatic heterocycles. The van der Waals surface area contributed by atoms with Gasteiger partial charge in [-0.25, -0.2) is 14.4 Å². The predicted molar refractivity (Wildman–Crippen MR) is 122 cm³/mol. The third-order valence-electron chi connectivity index (χ3n) is 4.77. The van der Waals surface area contributed by atoms with Crippen molar-refractivity contribution in [2.75, 3.05) is 0 Å². The van der Waals surface area contributed by atoms with Gasteiger partial charge in [0, 0.05) is 41.8 Å². The van der Waals surface area contributed by atoms with E-state index in [-0.39, 0.29) is 11.7 Å². The van der Waals surface area contributed by atoms with E-state index >= 15 is 0 Å². The van der Waals surface area contributed by atoms with Crippen LogP contribution in [0.2, 0.25) is 0 Å². The Morgan fingerprint density at radius 1 is 1.19 bits per heavy atom. The number of carbonyl (C=O) groups is 1. The Hall–Kier alpha value is -2.97. The van der Waals surface area contributed by atoms with Gasteiger partial charge in [0.25, 0.3) is 5.91 Å². The molecule has 158 valence electrons. The molecule has 0 unspecified atom stereocenters. The summed E-state index contributed by atoms with van der Waals surface area (Å²) < 4.78 is 16.3. The van der Waals surface area contributed by atoms with Gasteiger partial charge in [0.15, 0.2) is 0 Å². The number of nitrogens with one attached hydrogen (secondary N) is 1. The predicted octanol–water partition coefficient (Wildman–Crippen LogP) is 5.14. The molecule has 2 aromatic heterocycles. The molecule has 8 heteroatoms. The number of nitrogens with zero attached hydrogens (tertiary/aromatic N) is 3. The summed E-state index contributed by atoms with van der Waals surface area (Å²) in [7, 11) is 1.86. The maximum atomic E-state index is 13.4. The molecule has 0 radical (unpaired) electrons. The van der Waals surface area contributed by atoms with Crippen LogP contribution in [0.25, 0.3) is 0 Å². The number of carbonyl (C=O) groups excluding carboxylic acids is 1. The summed E-state index contributed by atoms with van der Waals surface area (Å²) in [5.41, 5.74) is 3.47. The fourth-order valence-electron chi connectivity index (χ4n) is 3.12. The van der Waals surface area contributed by atoms with Crippen molar-refractivity contribution >= 4 is 29.0 Å². The molecule has 1 atom stereocenters. The lowest BCUT2D eigenvalue weighted by Gasteiger charge is -2.19. The van der Waals surface area contributed by atoms with E-state index in [9.17, 15) is 9.18 Å². The highest BCUT2D eigenvalue weighted by atomic mass is 32.2. The zero-order valence-electron chi connectivity index (χ0n) is 17.1. The molecule has 0 aliphatic carbocycles. The highest BCUT2D eigenvalue weighted by Crippen LogP contribution is 2.26. The average molecular weight is 453 g/mol. The van der Waals surface area contributed by atoms with Crippen LogP contribution >= 0.6 is 23.1 Å². The fraction of sp³-hybridized carbons (Fsp3) is 0.174. The van der Waals surface area contributed by atoms with E-state index in [1.165, 1.54) is 12.1 Å². The third kappa shape index (κ3) is 5.21. The van der Waals surface area contributed by atoms with Crippen LogP contribution in [0.3, 0.4) is 0 Å². The summed E-state index contributed by atoms with van der Waals surface area (Å²) in [6, 6.07) is 13.1. The number of aromatic nitrogens is 3. The lowest BCUT2D eigenvalue weighted by molar-refractivity contribution is 0.0941. The summed E-state index contributed by atoms with van der Waals surface area (Å²) in [6.07, 6.45) is 3.49. The first-order valence-corrected chi connectivity index (χ1v) is 11.5. The molecule has 0 saturated heterocycles. The Kier molecular flexibility index (Phi) is 6.48. The standard InChI is InChI=1S/C23H21FN4OS2/c1-15-13-30-23(26-15)31-14-16-3-5-18(6-4-16)22(29)27-20(21-25-11-12-28(21)2)17-7-9-19(24)10-8-17/h3-13,20H,14H2,1-2H3,(H,27,29)/t20-/m1/s1. The Balaban J connectivity index is 1.48. The fourth-order valence-corrected chi connectivity index (χ4v) is 4.92. The second-order valence-electron chi connectivity index (χ2n) is 7.09. The summed E-state index contributed by atoms with van der Waals surface area (Å²) in [6.45, 7) is 1.98. The molecule has 0 aliphatic rings. The molecule has 31 heavy (non-hydrogen) atoms. The van der Waals surface area contributed by atoms with Gasteiger partial charge in [-0.2, -0.15) is 0 Å². The number of hydrogen-bond donors (Lipinski definition) is 1. The first-order chi connectivity index (χ1) is 15.0. The van der Waals surface area contributed by atoms with Gasteiger partial charge in [0.05, 0.1) is 0 Å². The lowest BCUT2D eigenvalue weighted by atomic mass is 10.0. The van der Waals surface area contributed by atoms with Crippen LogP contribution in [0.15, 0.2) is 70.6 Å². The largest absolute Gasteiger partial charge is 0.338 e. The number of rotatable bonds is 7. The molecule has 2 aromatic carbocycles. The van der Waals surface area contributed by atoms with E-state index in [0.717, 1.165) is 26.9 Å². The van der Waals surface area contributed by atoms with E-state index in [0.29, 0.717) is 11.4 Å². The first kappa shape index (κ1) is 21.3. The molecule has 1 N–H and O–H groups in total. The van der Waals surface area contributed by atoms with E-state index in [2.05, 4.69) is 15.3 Å². The summed E-state index contributed by atoms with van der Waals surface area (Å²) in [5.74, 6) is 0.925. The first-order valence-electron chi connectivity index (χ1n) is 9.67. The second-order valence-corrected chi connectivity index (χ2v) is 9.18. The molecule has 0 saturated carbocycles. The molecule has 0 spiro atoms. The van der Waals surface area contributed by atoms with E-state index in [1.807, 2.05) is 54.4 Å². The number of hydrogen-bond acceptors (Lipinski definition) is 5. The average Bonchev–Trinajstić information content (AvgIpc) is 3.39. The summed E-state index contributed by atoms with van der Waals surface area (Å²) >= 11 is 3.32. The quantitative estimate of drug-likeness (QED) is 0.395. The van der Waals surface area contributed by atoms with Crippen LogP contribution in [0, 0.1) is 12.7 Å². The topological polar surface area (TPSA) is 59.8 Å². The van der Waals surface area contributed by atoms with Gasteiger partial charge in [-0.1, -0.05) is 36.0 Å². The van der Waals surface area contributed by atoms with Gasteiger partial charge in [-0.15, -0.1) is 11.3 Å². The van der Waals surface area contributed by atoms with Crippen molar-refractivity contribution in [2.45, 2.75) is 23.1 Å². The molecule has 4 aromatic rings. The molecule has 0 fully saturated rings. The molecular formula is C23H21FN4OS2. The number of benzene rings is 2. The monoisotopic (exact) mass is 452 g/mol. The zero-order chi connectivity index (χ0) is 21.8. The minimum atomic E-state index is -0.489. The van der Waals surface area contributed by atoms with Gasteiger partial charge < -0.3 is 9.88 Å². The summed E-state index contributed by atoms with van der Waals surface area (Å²) in [5, 5.41) is 5.07. The maximum absolute atomic E-state index is 13.4. The minimum Gasteiger partial charge on any atom is -0.338 e. The van der Waals surface area contributed by atoms with Crippen LogP contribution in [0.4, 0.5) is 4.39 Å². The maximum Gasteiger partial charge on any atom is 0.252 e. The molecule has 1 amide bonds. The van der Waals surface area contributed by atoms with Crippen LogP contribution in [-0.2, 0) is 12.8 Å². The third-order valence-corrected chi connectivity index (χ3v) is 6.98. The molecule has 0 bridgehead atoms. The van der Waals surface area contributed by atoms with E-state index in [1.54, 1.807) is 41.4 Å². The van der Waals surface area contributed by atoms with Crippen molar-refractivity contribution in [1.82, 2.24) is 19.9 Å². The molecule has 2 heterocycles. The lowest BCUT2D eigenvalue weighted by Crippen LogP contribution is -2.31. The van der Waals surface area contributed by atoms with E-state index in [4.69, 9.17) is 0 Å². The number of amides is 1. The van der Waals surface area contributed by atoms with Crippen molar-refractivity contribution in [1.29, 1.82) is 0 Å². The number of aryl methyl sites for hydroxylation is 2. The van der Waals surface area contributed by atoms with Crippen molar-refractivity contribution < 1.29 is 9.18 Å². The summed E-state index contributed by atoms with van der Waals surface area (Å²) in [4.78, 5) is 21.8. The van der Waals surface area contributed by atoms with Crippen molar-refractivity contribution in [3.63, 3.8) is 0 Å². The second kappa shape index (κ2) is 9.45. The number of imidazole rings is 1. The van der Waals surface area contributed by atoms with Gasteiger partial charge in [0.2, 0.25) is 0 Å². The Bertz CT molecular complexity index is 1170. The molecule has 4 rings (SSSR count). The van der Waals surface area contributed by atoms with Crippen LogP contribution in [-0.4, -0.2) is 20.4 Å². The Morgan fingerprint density at radius 3 is 2.55 bits per heavy atom. The van der Waals surface area contributed by atoms with Crippen molar-refractivity contribution in [3.05, 3.63) is 100 Å².